The summed E-state index contributed by atoms with van der Waals surface area (Å²) in [6.07, 6.45) is 0. The minimum absolute atomic E-state index is 0.139. The fourth-order valence-corrected chi connectivity index (χ4v) is 4.05. The molecular weight excluding hydrogens is 370 g/mol. The smallest absolute Gasteiger partial charge is 0.271 e. The van der Waals surface area contributed by atoms with Crippen LogP contribution in [0.1, 0.15) is 21.6 Å². The van der Waals surface area contributed by atoms with Gasteiger partial charge < -0.3 is 10.1 Å². The molecule has 0 atom stereocenters. The van der Waals surface area contributed by atoms with Gasteiger partial charge in [0, 0.05) is 37.1 Å². The van der Waals surface area contributed by atoms with E-state index in [-0.39, 0.29) is 5.91 Å². The summed E-state index contributed by atoms with van der Waals surface area (Å²) in [4.78, 5) is 19.4. The molecule has 6 heteroatoms. The summed E-state index contributed by atoms with van der Waals surface area (Å²) < 4.78 is 5.42. The van der Waals surface area contributed by atoms with Crippen molar-refractivity contribution in [1.29, 1.82) is 0 Å². The standard InChI is InChI=1S/C22H23N3O2S/c26-21(20-16-28-22(24-20)17-6-2-1-3-7-17)23-14-18-8-4-5-9-19(18)15-25-10-12-27-13-11-25/h1-9,16H,10-15H2,(H,23,26). The molecular formula is C22H23N3O2S. The van der Waals surface area contributed by atoms with Gasteiger partial charge in [-0.05, 0) is 11.1 Å². The molecule has 0 spiro atoms. The van der Waals surface area contributed by atoms with Crippen LogP contribution in [0.15, 0.2) is 60.0 Å². The van der Waals surface area contributed by atoms with Crippen LogP contribution in [-0.4, -0.2) is 42.1 Å². The van der Waals surface area contributed by atoms with E-state index in [4.69, 9.17) is 4.74 Å². The lowest BCUT2D eigenvalue weighted by Crippen LogP contribution is -2.36. The Hall–Kier alpha value is -2.54. The van der Waals surface area contributed by atoms with Crippen molar-refractivity contribution in [3.8, 4) is 10.6 Å². The lowest BCUT2D eigenvalue weighted by molar-refractivity contribution is 0.0340. The minimum Gasteiger partial charge on any atom is -0.379 e. The molecule has 0 unspecified atom stereocenters. The van der Waals surface area contributed by atoms with Gasteiger partial charge in [-0.15, -0.1) is 11.3 Å². The van der Waals surface area contributed by atoms with E-state index in [1.165, 1.54) is 16.9 Å². The zero-order valence-electron chi connectivity index (χ0n) is 15.6. The van der Waals surface area contributed by atoms with Crippen molar-refractivity contribution < 1.29 is 9.53 Å². The molecule has 1 aromatic heterocycles. The van der Waals surface area contributed by atoms with Gasteiger partial charge in [-0.25, -0.2) is 4.98 Å². The highest BCUT2D eigenvalue weighted by molar-refractivity contribution is 7.13. The molecule has 1 aliphatic heterocycles. The van der Waals surface area contributed by atoms with Crippen LogP contribution in [0.4, 0.5) is 0 Å². The molecule has 2 aromatic carbocycles. The first-order valence-corrected chi connectivity index (χ1v) is 10.3. The Morgan fingerprint density at radius 1 is 1.04 bits per heavy atom. The molecule has 5 nitrogen and oxygen atoms in total. The van der Waals surface area contributed by atoms with Crippen molar-refractivity contribution in [2.75, 3.05) is 26.3 Å². The maximum absolute atomic E-state index is 12.6. The zero-order valence-corrected chi connectivity index (χ0v) is 16.5. The third kappa shape index (κ3) is 4.65. The molecule has 1 N–H and O–H groups in total. The monoisotopic (exact) mass is 393 g/mol. The highest BCUT2D eigenvalue weighted by atomic mass is 32.1. The fraction of sp³-hybridized carbons (Fsp3) is 0.273. The predicted molar refractivity (Wildman–Crippen MR) is 111 cm³/mol. The fourth-order valence-electron chi connectivity index (χ4n) is 3.24. The van der Waals surface area contributed by atoms with E-state index in [0.29, 0.717) is 12.2 Å². The van der Waals surface area contributed by atoms with Crippen LogP contribution in [0.25, 0.3) is 10.6 Å². The third-order valence-electron chi connectivity index (χ3n) is 4.81. The van der Waals surface area contributed by atoms with Crippen molar-refractivity contribution >= 4 is 17.2 Å². The first-order valence-electron chi connectivity index (χ1n) is 9.45. The van der Waals surface area contributed by atoms with Crippen LogP contribution in [0.3, 0.4) is 0 Å². The number of benzene rings is 2. The third-order valence-corrected chi connectivity index (χ3v) is 5.70. The van der Waals surface area contributed by atoms with E-state index in [1.807, 2.05) is 47.8 Å². The summed E-state index contributed by atoms with van der Waals surface area (Å²) in [6, 6.07) is 18.2. The van der Waals surface area contributed by atoms with Crippen LogP contribution in [0.5, 0.6) is 0 Å². The number of morpholine rings is 1. The average Bonchev–Trinajstić information content (AvgIpc) is 3.25. The van der Waals surface area contributed by atoms with Crippen molar-refractivity contribution in [2.24, 2.45) is 0 Å². The normalized spacial score (nSPS) is 14.7. The average molecular weight is 394 g/mol. The molecule has 28 heavy (non-hydrogen) atoms. The number of thiazole rings is 1. The van der Waals surface area contributed by atoms with Gasteiger partial charge in [0.2, 0.25) is 0 Å². The second kappa shape index (κ2) is 9.10. The van der Waals surface area contributed by atoms with Crippen LogP contribution in [0, 0.1) is 0 Å². The van der Waals surface area contributed by atoms with Gasteiger partial charge in [0.15, 0.2) is 0 Å². The molecule has 1 saturated heterocycles. The summed E-state index contributed by atoms with van der Waals surface area (Å²) in [5.74, 6) is -0.139. The van der Waals surface area contributed by atoms with E-state index in [1.54, 1.807) is 0 Å². The maximum Gasteiger partial charge on any atom is 0.271 e. The van der Waals surface area contributed by atoms with Crippen LogP contribution < -0.4 is 5.32 Å². The lowest BCUT2D eigenvalue weighted by Gasteiger charge is -2.27. The first kappa shape index (κ1) is 18.8. The van der Waals surface area contributed by atoms with Crippen molar-refractivity contribution in [3.05, 3.63) is 76.8 Å². The van der Waals surface area contributed by atoms with Gasteiger partial charge >= 0.3 is 0 Å². The number of hydrogen-bond donors (Lipinski definition) is 1. The van der Waals surface area contributed by atoms with Crippen LogP contribution >= 0.6 is 11.3 Å². The number of rotatable bonds is 6. The number of nitrogens with one attached hydrogen (secondary N) is 1. The van der Waals surface area contributed by atoms with Gasteiger partial charge in [0.05, 0.1) is 13.2 Å². The number of nitrogens with zero attached hydrogens (tertiary/aromatic N) is 2. The van der Waals surface area contributed by atoms with E-state index in [2.05, 4.69) is 27.3 Å². The SMILES string of the molecule is O=C(NCc1ccccc1CN1CCOCC1)c1csc(-c2ccccc2)n1. The Morgan fingerprint density at radius 3 is 2.54 bits per heavy atom. The molecule has 2 heterocycles. The van der Waals surface area contributed by atoms with Gasteiger partial charge in [0.25, 0.3) is 5.91 Å². The summed E-state index contributed by atoms with van der Waals surface area (Å²) in [7, 11) is 0. The molecule has 4 rings (SSSR count). The number of aromatic nitrogens is 1. The van der Waals surface area contributed by atoms with Gasteiger partial charge in [-0.3, -0.25) is 9.69 Å². The van der Waals surface area contributed by atoms with Crippen molar-refractivity contribution in [1.82, 2.24) is 15.2 Å². The molecule has 1 aliphatic rings. The Bertz CT molecular complexity index is 920. The zero-order chi connectivity index (χ0) is 19.2. The Kier molecular flexibility index (Phi) is 6.11. The summed E-state index contributed by atoms with van der Waals surface area (Å²) in [6.45, 7) is 4.84. The van der Waals surface area contributed by atoms with Gasteiger partial charge in [0.1, 0.15) is 10.7 Å². The Labute approximate surface area is 169 Å². The topological polar surface area (TPSA) is 54.5 Å². The minimum atomic E-state index is -0.139. The highest BCUT2D eigenvalue weighted by Gasteiger charge is 2.15. The second-order valence-corrected chi connectivity index (χ2v) is 7.60. The molecule has 0 saturated carbocycles. The van der Waals surface area contributed by atoms with E-state index in [0.717, 1.165) is 49.0 Å². The Balaban J connectivity index is 1.39. The Morgan fingerprint density at radius 2 is 1.75 bits per heavy atom. The summed E-state index contributed by atoms with van der Waals surface area (Å²) >= 11 is 1.49. The summed E-state index contributed by atoms with van der Waals surface area (Å²) in [5.41, 5.74) is 3.88. The van der Waals surface area contributed by atoms with Crippen molar-refractivity contribution in [2.45, 2.75) is 13.1 Å². The molecule has 3 aromatic rings. The molecule has 0 bridgehead atoms. The van der Waals surface area contributed by atoms with Crippen LogP contribution in [-0.2, 0) is 17.8 Å². The summed E-state index contributed by atoms with van der Waals surface area (Å²) in [5, 5.41) is 5.70. The van der Waals surface area contributed by atoms with E-state index in [9.17, 15) is 4.79 Å². The predicted octanol–water partition coefficient (Wildman–Crippen LogP) is 3.57. The quantitative estimate of drug-likeness (QED) is 0.696. The molecule has 0 aliphatic carbocycles. The second-order valence-electron chi connectivity index (χ2n) is 6.74. The van der Waals surface area contributed by atoms with Crippen molar-refractivity contribution in [3.63, 3.8) is 0 Å². The molecule has 1 amide bonds. The number of ether oxygens (including phenoxy) is 1. The van der Waals surface area contributed by atoms with E-state index >= 15 is 0 Å². The van der Waals surface area contributed by atoms with E-state index < -0.39 is 0 Å². The lowest BCUT2D eigenvalue weighted by atomic mass is 10.1. The number of carbonyl (C=O) groups is 1. The van der Waals surface area contributed by atoms with Gasteiger partial charge in [-0.1, -0.05) is 54.6 Å². The largest absolute Gasteiger partial charge is 0.379 e. The van der Waals surface area contributed by atoms with Crippen LogP contribution in [0.2, 0.25) is 0 Å². The highest BCUT2D eigenvalue weighted by Crippen LogP contribution is 2.23. The molecule has 0 radical (unpaired) electrons. The number of hydrogen-bond acceptors (Lipinski definition) is 5. The number of amides is 1. The molecule has 1 fully saturated rings. The first-order chi connectivity index (χ1) is 13.8. The molecule has 144 valence electrons. The number of carbonyl (C=O) groups excluding carboxylic acids is 1. The van der Waals surface area contributed by atoms with Gasteiger partial charge in [-0.2, -0.15) is 0 Å². The maximum atomic E-state index is 12.6.